The summed E-state index contributed by atoms with van der Waals surface area (Å²) < 4.78 is 5.43. The Morgan fingerprint density at radius 2 is 2.09 bits per heavy atom. The molecule has 0 spiro atoms. The third-order valence-corrected chi connectivity index (χ3v) is 3.65. The van der Waals surface area contributed by atoms with Gasteiger partial charge in [0.1, 0.15) is 17.3 Å². The number of nitrogens with one attached hydrogen (secondary N) is 1. The maximum Gasteiger partial charge on any atom is 0.289 e. The van der Waals surface area contributed by atoms with E-state index in [-0.39, 0.29) is 5.75 Å². The zero-order valence-corrected chi connectivity index (χ0v) is 13.0. The smallest absolute Gasteiger partial charge is 0.289 e. The van der Waals surface area contributed by atoms with Crippen molar-refractivity contribution in [1.29, 1.82) is 5.26 Å². The minimum absolute atomic E-state index is 0.0768. The van der Waals surface area contributed by atoms with Crippen LogP contribution in [0.25, 0.3) is 11.1 Å². The summed E-state index contributed by atoms with van der Waals surface area (Å²) in [5.74, 6) is 0.826. The molecule has 2 aromatic rings. The highest BCUT2D eigenvalue weighted by Crippen LogP contribution is 2.36. The van der Waals surface area contributed by atoms with Crippen molar-refractivity contribution >= 4 is 5.82 Å². The van der Waals surface area contributed by atoms with Crippen LogP contribution in [0.1, 0.15) is 30.7 Å². The molecule has 1 aromatic carbocycles. The van der Waals surface area contributed by atoms with Crippen LogP contribution in [0.3, 0.4) is 0 Å². The van der Waals surface area contributed by atoms with Crippen LogP contribution < -0.4 is 15.5 Å². The summed E-state index contributed by atoms with van der Waals surface area (Å²) >= 11 is 0. The molecule has 0 saturated carbocycles. The van der Waals surface area contributed by atoms with Crippen molar-refractivity contribution in [1.82, 2.24) is 0 Å². The van der Waals surface area contributed by atoms with E-state index in [4.69, 9.17) is 10.5 Å². The maximum atomic E-state index is 9.84. The number of phenols is 1. The lowest BCUT2D eigenvalue weighted by atomic mass is 9.94. The van der Waals surface area contributed by atoms with E-state index in [1.165, 1.54) is 0 Å². The Kier molecular flexibility index (Phi) is 4.52. The average molecular weight is 298 g/mol. The Morgan fingerprint density at radius 1 is 1.36 bits per heavy atom. The predicted octanol–water partition coefficient (Wildman–Crippen LogP) is 2.60. The number of nitrogen functional groups attached to an aromatic ring is 1. The van der Waals surface area contributed by atoms with Crippen molar-refractivity contribution in [2.45, 2.75) is 27.2 Å². The molecule has 2 rings (SSSR count). The number of pyridine rings is 1. The van der Waals surface area contributed by atoms with Gasteiger partial charge in [-0.15, -0.1) is 0 Å². The number of H-pyrrole nitrogens is 1. The van der Waals surface area contributed by atoms with Gasteiger partial charge < -0.3 is 9.84 Å². The number of aromatic hydroxyl groups is 1. The van der Waals surface area contributed by atoms with Gasteiger partial charge in [0.2, 0.25) is 0 Å². The van der Waals surface area contributed by atoms with E-state index in [1.807, 2.05) is 20.8 Å². The fraction of sp³-hybridized carbons (Fsp3) is 0.294. The van der Waals surface area contributed by atoms with Gasteiger partial charge in [0.15, 0.2) is 11.5 Å². The molecule has 0 atom stereocenters. The van der Waals surface area contributed by atoms with Gasteiger partial charge in [-0.1, -0.05) is 13.0 Å². The van der Waals surface area contributed by atoms with E-state index < -0.39 is 0 Å². The summed E-state index contributed by atoms with van der Waals surface area (Å²) in [7, 11) is 0. The molecular formula is C17H20N3O2+. The van der Waals surface area contributed by atoms with Crippen LogP contribution in [0.4, 0.5) is 5.82 Å². The Balaban J connectivity index is 2.74. The first-order chi connectivity index (χ1) is 10.5. The second-order valence-electron chi connectivity index (χ2n) is 4.97. The number of ether oxygens (including phenoxy) is 1. The van der Waals surface area contributed by atoms with Gasteiger partial charge >= 0.3 is 0 Å². The monoisotopic (exact) mass is 298 g/mol. The standard InChI is InChI=1S/C17H19N3O2/c1-4-13-10(3)16(12(9-18)17(19)20-13)11-6-7-14(21)15(8-11)22-5-2/h6-8,21H,4-5H2,1-3H3,(H2,19,20)/p+1. The van der Waals surface area contributed by atoms with E-state index in [0.717, 1.165) is 28.8 Å². The zero-order chi connectivity index (χ0) is 16.3. The number of benzene rings is 1. The van der Waals surface area contributed by atoms with Crippen LogP contribution in [-0.2, 0) is 6.42 Å². The van der Waals surface area contributed by atoms with Crippen molar-refractivity contribution in [3.63, 3.8) is 0 Å². The van der Waals surface area contributed by atoms with Gasteiger partial charge in [-0.05, 0) is 31.5 Å². The number of nitriles is 1. The molecule has 0 aliphatic carbocycles. The number of aromatic nitrogens is 1. The minimum atomic E-state index is 0.0768. The molecule has 0 radical (unpaired) electrons. The van der Waals surface area contributed by atoms with Gasteiger partial charge in [-0.2, -0.15) is 5.26 Å². The fourth-order valence-electron chi connectivity index (χ4n) is 2.56. The van der Waals surface area contributed by atoms with Gasteiger partial charge in [0.25, 0.3) is 5.82 Å². The molecule has 0 amide bonds. The Morgan fingerprint density at radius 3 is 2.68 bits per heavy atom. The van der Waals surface area contributed by atoms with E-state index in [0.29, 0.717) is 23.7 Å². The van der Waals surface area contributed by atoms with Gasteiger partial charge in [-0.3, -0.25) is 5.73 Å². The number of rotatable bonds is 4. The van der Waals surface area contributed by atoms with Crippen molar-refractivity contribution in [2.75, 3.05) is 12.3 Å². The normalized spacial score (nSPS) is 10.3. The lowest BCUT2D eigenvalue weighted by molar-refractivity contribution is -0.373. The van der Waals surface area contributed by atoms with Crippen LogP contribution in [-0.4, -0.2) is 11.7 Å². The Bertz CT molecular complexity index is 748. The van der Waals surface area contributed by atoms with Crippen LogP contribution in [0, 0.1) is 18.3 Å². The van der Waals surface area contributed by atoms with Crippen molar-refractivity contribution in [2.24, 2.45) is 0 Å². The third kappa shape index (κ3) is 2.68. The highest BCUT2D eigenvalue weighted by molar-refractivity contribution is 5.78. The highest BCUT2D eigenvalue weighted by atomic mass is 16.5. The largest absolute Gasteiger partial charge is 0.504 e. The molecule has 5 nitrogen and oxygen atoms in total. The summed E-state index contributed by atoms with van der Waals surface area (Å²) in [6.07, 6.45) is 0.783. The summed E-state index contributed by atoms with van der Waals surface area (Å²) in [4.78, 5) is 3.08. The van der Waals surface area contributed by atoms with Crippen molar-refractivity contribution < 1.29 is 14.8 Å². The van der Waals surface area contributed by atoms with Crippen LogP contribution in [0.5, 0.6) is 11.5 Å². The molecule has 114 valence electrons. The number of hydrogen-bond donors (Lipinski definition) is 2. The van der Waals surface area contributed by atoms with Crippen molar-refractivity contribution in [3.05, 3.63) is 35.0 Å². The van der Waals surface area contributed by atoms with Gasteiger partial charge in [-0.25, -0.2) is 4.98 Å². The molecule has 1 aromatic heterocycles. The molecule has 0 aliphatic heterocycles. The molecule has 5 heteroatoms. The summed E-state index contributed by atoms with van der Waals surface area (Å²) in [5.41, 5.74) is 9.92. The molecule has 0 saturated heterocycles. The maximum absolute atomic E-state index is 9.84. The number of anilines is 1. The van der Waals surface area contributed by atoms with Gasteiger partial charge in [0.05, 0.1) is 6.61 Å². The summed E-state index contributed by atoms with van der Waals surface area (Å²) in [6, 6.07) is 7.23. The lowest BCUT2D eigenvalue weighted by Crippen LogP contribution is -2.20. The molecular weight excluding hydrogens is 278 g/mol. The minimum Gasteiger partial charge on any atom is -0.504 e. The molecule has 0 unspecified atom stereocenters. The molecule has 4 N–H and O–H groups in total. The topological polar surface area (TPSA) is 93.4 Å². The zero-order valence-electron chi connectivity index (χ0n) is 13.0. The Labute approximate surface area is 130 Å². The van der Waals surface area contributed by atoms with Crippen molar-refractivity contribution in [3.8, 4) is 28.7 Å². The van der Waals surface area contributed by atoms with Crippen LogP contribution >= 0.6 is 0 Å². The molecule has 0 fully saturated rings. The predicted molar refractivity (Wildman–Crippen MR) is 84.5 cm³/mol. The number of aromatic amines is 1. The first-order valence-electron chi connectivity index (χ1n) is 7.23. The van der Waals surface area contributed by atoms with Crippen LogP contribution in [0.15, 0.2) is 18.2 Å². The molecule has 1 heterocycles. The first kappa shape index (κ1) is 15.6. The Hall–Kier alpha value is -2.74. The van der Waals surface area contributed by atoms with E-state index in [9.17, 15) is 10.4 Å². The molecule has 0 bridgehead atoms. The lowest BCUT2D eigenvalue weighted by Gasteiger charge is -2.13. The SMILES string of the molecule is CCOc1cc(-c2c(C)c(CC)[nH+]c(N)c2C#N)ccc1O. The quantitative estimate of drug-likeness (QED) is 0.907. The van der Waals surface area contributed by atoms with E-state index >= 15 is 0 Å². The fourth-order valence-corrected chi connectivity index (χ4v) is 2.56. The second kappa shape index (κ2) is 6.35. The second-order valence-corrected chi connectivity index (χ2v) is 4.97. The molecule has 22 heavy (non-hydrogen) atoms. The highest BCUT2D eigenvalue weighted by Gasteiger charge is 2.20. The van der Waals surface area contributed by atoms with E-state index in [1.54, 1.807) is 18.2 Å². The average Bonchev–Trinajstić information content (AvgIpc) is 2.51. The molecule has 0 aliphatic rings. The number of aryl methyl sites for hydroxylation is 1. The summed E-state index contributed by atoms with van der Waals surface area (Å²) in [6.45, 7) is 6.28. The van der Waals surface area contributed by atoms with Gasteiger partial charge in [0, 0.05) is 17.5 Å². The number of hydrogen-bond acceptors (Lipinski definition) is 4. The van der Waals surface area contributed by atoms with E-state index in [2.05, 4.69) is 11.1 Å². The third-order valence-electron chi connectivity index (χ3n) is 3.65. The number of nitrogens with two attached hydrogens (primary N) is 1. The number of nitrogens with zero attached hydrogens (tertiary/aromatic N) is 1. The number of phenolic OH excluding ortho intramolecular Hbond substituents is 1. The van der Waals surface area contributed by atoms with Crippen LogP contribution in [0.2, 0.25) is 0 Å². The first-order valence-corrected chi connectivity index (χ1v) is 7.23. The summed E-state index contributed by atoms with van der Waals surface area (Å²) in [5, 5.41) is 19.3.